The molecular weight excluding hydrogens is 358 g/mol. The molecule has 0 fully saturated rings. The van der Waals surface area contributed by atoms with Gasteiger partial charge in [-0.25, -0.2) is 4.98 Å². The van der Waals surface area contributed by atoms with Crippen molar-refractivity contribution in [3.8, 4) is 17.0 Å². The number of aliphatic carboxylic acids is 1. The van der Waals surface area contributed by atoms with Crippen LogP contribution in [-0.4, -0.2) is 17.1 Å². The number of fused-ring (bicyclic) bond motifs is 3. The zero-order chi connectivity index (χ0) is 18.8. The summed E-state index contributed by atoms with van der Waals surface area (Å²) >= 11 is 1.77. The maximum absolute atomic E-state index is 11.2. The molecule has 0 bridgehead atoms. The molecule has 1 unspecified atom stereocenters. The summed E-state index contributed by atoms with van der Waals surface area (Å²) in [5, 5.41) is 12.3. The maximum atomic E-state index is 11.2. The average molecular weight is 378 g/mol. The number of thiazole rings is 1. The quantitative estimate of drug-likeness (QED) is 0.659. The van der Waals surface area contributed by atoms with Crippen LogP contribution < -0.4 is 9.84 Å². The molecule has 0 saturated carbocycles. The first-order valence-corrected chi connectivity index (χ1v) is 9.99. The van der Waals surface area contributed by atoms with Gasteiger partial charge < -0.3 is 14.6 Å². The lowest BCUT2D eigenvalue weighted by atomic mass is 9.92. The summed E-state index contributed by atoms with van der Waals surface area (Å²) in [5.74, 6) is -0.544. The maximum Gasteiger partial charge on any atom is 0.138 e. The molecule has 0 spiro atoms. The summed E-state index contributed by atoms with van der Waals surface area (Å²) in [6.07, 6.45) is 2.00. The molecule has 138 valence electrons. The Balaban J connectivity index is 1.65. The molecular formula is C22H20NO3S-. The highest BCUT2D eigenvalue weighted by atomic mass is 32.1. The van der Waals surface area contributed by atoms with Gasteiger partial charge in [0.2, 0.25) is 0 Å². The second kappa shape index (κ2) is 7.53. The number of hydrogen-bond donors (Lipinski definition) is 0. The Kier molecular flexibility index (Phi) is 4.94. The van der Waals surface area contributed by atoms with Crippen LogP contribution >= 0.6 is 11.3 Å². The molecule has 2 aromatic carbocycles. The number of carboxylic acid groups (broad SMARTS) is 1. The van der Waals surface area contributed by atoms with Gasteiger partial charge in [0, 0.05) is 22.4 Å². The van der Waals surface area contributed by atoms with Crippen molar-refractivity contribution in [2.75, 3.05) is 0 Å². The van der Waals surface area contributed by atoms with Crippen molar-refractivity contribution in [3.63, 3.8) is 0 Å². The Labute approximate surface area is 162 Å². The van der Waals surface area contributed by atoms with Crippen LogP contribution in [0.1, 0.15) is 34.4 Å². The van der Waals surface area contributed by atoms with Crippen molar-refractivity contribution < 1.29 is 14.6 Å². The molecule has 4 rings (SSSR count). The van der Waals surface area contributed by atoms with E-state index in [1.807, 2.05) is 36.4 Å². The molecule has 1 heterocycles. The van der Waals surface area contributed by atoms with Gasteiger partial charge in [0.05, 0.1) is 16.7 Å². The standard InChI is InChI=1S/C22H21NO3S/c1-2-17(22(24)25)26-18-10-6-9-16-15(18)11-12-19-21(16)23-20(27-19)13-14-7-4-3-5-8-14/h3-10,17H,2,11-13H2,1H3,(H,24,25)/p-1. The number of hydrogen-bond acceptors (Lipinski definition) is 5. The van der Waals surface area contributed by atoms with Crippen molar-refractivity contribution in [1.82, 2.24) is 4.98 Å². The molecule has 3 aromatic rings. The third-order valence-corrected chi connectivity index (χ3v) is 5.95. The van der Waals surface area contributed by atoms with E-state index in [0.29, 0.717) is 12.2 Å². The normalized spacial score (nSPS) is 13.5. The minimum absolute atomic E-state index is 0.370. The SMILES string of the molecule is CCC(Oc1cccc2c1CCc1sc(Cc3ccccc3)nc1-2)C(=O)[O-]. The summed E-state index contributed by atoms with van der Waals surface area (Å²) in [7, 11) is 0. The van der Waals surface area contributed by atoms with Gasteiger partial charge in [-0.15, -0.1) is 11.3 Å². The van der Waals surface area contributed by atoms with E-state index in [-0.39, 0.29) is 0 Å². The van der Waals surface area contributed by atoms with Crippen molar-refractivity contribution in [2.45, 2.75) is 38.7 Å². The number of aryl methyl sites for hydroxylation is 1. The fourth-order valence-corrected chi connectivity index (χ4v) is 4.59. The summed E-state index contributed by atoms with van der Waals surface area (Å²) in [5.41, 5.74) is 4.36. The molecule has 1 atom stereocenters. The van der Waals surface area contributed by atoms with Crippen molar-refractivity contribution >= 4 is 17.3 Å². The van der Waals surface area contributed by atoms with Crippen LogP contribution in [0.4, 0.5) is 0 Å². The lowest BCUT2D eigenvalue weighted by molar-refractivity contribution is -0.313. The van der Waals surface area contributed by atoms with E-state index < -0.39 is 12.1 Å². The first kappa shape index (κ1) is 17.7. The van der Waals surface area contributed by atoms with Gasteiger partial charge in [-0.1, -0.05) is 49.4 Å². The largest absolute Gasteiger partial charge is 0.546 e. The fourth-order valence-electron chi connectivity index (χ4n) is 3.47. The van der Waals surface area contributed by atoms with E-state index in [1.54, 1.807) is 18.3 Å². The molecule has 1 aliphatic carbocycles. The van der Waals surface area contributed by atoms with Gasteiger partial charge in [0.15, 0.2) is 0 Å². The first-order chi connectivity index (χ1) is 13.2. The van der Waals surface area contributed by atoms with E-state index in [0.717, 1.165) is 41.1 Å². The Morgan fingerprint density at radius 2 is 2.00 bits per heavy atom. The van der Waals surface area contributed by atoms with Gasteiger partial charge in [-0.05, 0) is 30.9 Å². The predicted molar refractivity (Wildman–Crippen MR) is 104 cm³/mol. The lowest BCUT2D eigenvalue weighted by Crippen LogP contribution is -2.39. The molecule has 0 N–H and O–H groups in total. The Bertz CT molecular complexity index is 965. The number of aromatic nitrogens is 1. The number of benzene rings is 2. The second-order valence-electron chi connectivity index (χ2n) is 6.66. The Morgan fingerprint density at radius 1 is 1.19 bits per heavy atom. The second-order valence-corrected chi connectivity index (χ2v) is 7.83. The van der Waals surface area contributed by atoms with Gasteiger partial charge in [-0.3, -0.25) is 0 Å². The topological polar surface area (TPSA) is 62.2 Å². The zero-order valence-corrected chi connectivity index (χ0v) is 15.9. The Morgan fingerprint density at radius 3 is 2.74 bits per heavy atom. The van der Waals surface area contributed by atoms with E-state index in [2.05, 4.69) is 12.1 Å². The van der Waals surface area contributed by atoms with Crippen LogP contribution in [-0.2, 0) is 24.1 Å². The minimum Gasteiger partial charge on any atom is -0.546 e. The van der Waals surface area contributed by atoms with Gasteiger partial charge >= 0.3 is 0 Å². The first-order valence-electron chi connectivity index (χ1n) is 9.18. The molecule has 0 radical (unpaired) electrons. The molecule has 0 saturated heterocycles. The van der Waals surface area contributed by atoms with E-state index >= 15 is 0 Å². The van der Waals surface area contributed by atoms with Crippen LogP contribution in [0.5, 0.6) is 5.75 Å². The molecule has 0 aliphatic heterocycles. The Hall–Kier alpha value is -2.66. The smallest absolute Gasteiger partial charge is 0.138 e. The van der Waals surface area contributed by atoms with Gasteiger partial charge in [0.25, 0.3) is 0 Å². The molecule has 27 heavy (non-hydrogen) atoms. The highest BCUT2D eigenvalue weighted by molar-refractivity contribution is 7.12. The predicted octanol–water partition coefficient (Wildman–Crippen LogP) is 3.41. The fraction of sp³-hybridized carbons (Fsp3) is 0.273. The summed E-state index contributed by atoms with van der Waals surface area (Å²) in [6.45, 7) is 1.78. The zero-order valence-electron chi connectivity index (χ0n) is 15.1. The number of rotatable bonds is 6. The average Bonchev–Trinajstić information content (AvgIpc) is 3.09. The van der Waals surface area contributed by atoms with Crippen LogP contribution in [0.15, 0.2) is 48.5 Å². The molecule has 1 aliphatic rings. The number of carbonyl (C=O) groups is 1. The van der Waals surface area contributed by atoms with Crippen LogP contribution in [0.3, 0.4) is 0 Å². The number of carbonyl (C=O) groups excluding carboxylic acids is 1. The third-order valence-electron chi connectivity index (χ3n) is 4.83. The molecule has 4 nitrogen and oxygen atoms in total. The minimum atomic E-state index is -1.18. The van der Waals surface area contributed by atoms with Gasteiger partial charge in [0.1, 0.15) is 11.9 Å². The van der Waals surface area contributed by atoms with Crippen molar-refractivity contribution in [2.24, 2.45) is 0 Å². The van der Waals surface area contributed by atoms with Crippen LogP contribution in [0.2, 0.25) is 0 Å². The number of carboxylic acids is 1. The van der Waals surface area contributed by atoms with E-state index in [1.165, 1.54) is 10.4 Å². The summed E-state index contributed by atoms with van der Waals surface area (Å²) < 4.78 is 5.75. The lowest BCUT2D eigenvalue weighted by Gasteiger charge is -2.23. The highest BCUT2D eigenvalue weighted by Crippen LogP contribution is 2.40. The van der Waals surface area contributed by atoms with Crippen molar-refractivity contribution in [1.29, 1.82) is 0 Å². The van der Waals surface area contributed by atoms with Crippen LogP contribution in [0.25, 0.3) is 11.3 Å². The molecule has 5 heteroatoms. The highest BCUT2D eigenvalue weighted by Gasteiger charge is 2.24. The van der Waals surface area contributed by atoms with E-state index in [9.17, 15) is 9.90 Å². The van der Waals surface area contributed by atoms with Crippen LogP contribution in [0, 0.1) is 0 Å². The number of ether oxygens (including phenoxy) is 1. The van der Waals surface area contributed by atoms with E-state index in [4.69, 9.17) is 9.72 Å². The molecule has 1 aromatic heterocycles. The van der Waals surface area contributed by atoms with Crippen molar-refractivity contribution in [3.05, 3.63) is 69.5 Å². The monoisotopic (exact) mass is 378 g/mol. The summed E-state index contributed by atoms with van der Waals surface area (Å²) in [4.78, 5) is 17.4. The molecule has 0 amide bonds. The van der Waals surface area contributed by atoms with Gasteiger partial charge in [-0.2, -0.15) is 0 Å². The summed E-state index contributed by atoms with van der Waals surface area (Å²) in [6, 6.07) is 16.1. The third kappa shape index (κ3) is 3.60. The number of nitrogens with zero attached hydrogens (tertiary/aromatic N) is 1.